The molecule has 96 valence electrons. The Morgan fingerprint density at radius 3 is 3.16 bits per heavy atom. The van der Waals surface area contributed by atoms with Crippen LogP contribution >= 0.6 is 11.6 Å². The second-order valence-electron chi connectivity index (χ2n) is 4.65. The van der Waals surface area contributed by atoms with E-state index in [0.717, 1.165) is 41.0 Å². The summed E-state index contributed by atoms with van der Waals surface area (Å²) >= 11 is 6.08. The van der Waals surface area contributed by atoms with Gasteiger partial charge in [0.1, 0.15) is 11.6 Å². The number of halogens is 1. The minimum absolute atomic E-state index is 0.0118. The lowest BCUT2D eigenvalue weighted by Gasteiger charge is -2.36. The average Bonchev–Trinajstić information content (AvgIpc) is 3.08. The number of nitrogens with one attached hydrogen (secondary N) is 1. The molecule has 2 aliphatic heterocycles. The third-order valence-corrected chi connectivity index (χ3v) is 3.75. The van der Waals surface area contributed by atoms with Gasteiger partial charge in [0, 0.05) is 22.8 Å². The summed E-state index contributed by atoms with van der Waals surface area (Å²) in [6.45, 7) is 1.71. The van der Waals surface area contributed by atoms with Gasteiger partial charge in [0.15, 0.2) is 6.17 Å². The fourth-order valence-electron chi connectivity index (χ4n) is 2.68. The molecule has 0 spiro atoms. The number of amidine groups is 1. The normalized spacial score (nSPS) is 20.6. The van der Waals surface area contributed by atoms with Crippen molar-refractivity contribution in [3.63, 3.8) is 0 Å². The molecular weight excluding hydrogens is 262 g/mol. The number of benzene rings is 1. The van der Waals surface area contributed by atoms with Gasteiger partial charge in [0.25, 0.3) is 0 Å². The van der Waals surface area contributed by atoms with E-state index in [1.54, 1.807) is 6.26 Å². The third kappa shape index (κ3) is 1.64. The number of aliphatic imine (C=N–C) groups is 1. The van der Waals surface area contributed by atoms with Crippen LogP contribution in [0.3, 0.4) is 0 Å². The quantitative estimate of drug-likeness (QED) is 0.868. The standard InChI is InChI=1S/C14H12ClN3O/c15-9-3-4-10-11(8-9)17-14(12-2-1-7-19-12)18-6-5-16-13(10)18/h1-4,7-8,14,17H,5-6H2/t14-/m0/s1. The van der Waals surface area contributed by atoms with E-state index in [4.69, 9.17) is 16.0 Å². The predicted molar refractivity (Wildman–Crippen MR) is 74.6 cm³/mol. The van der Waals surface area contributed by atoms with Crippen LogP contribution in [0.15, 0.2) is 46.0 Å². The highest BCUT2D eigenvalue weighted by Gasteiger charge is 2.34. The lowest BCUT2D eigenvalue weighted by Crippen LogP contribution is -2.41. The molecule has 1 N–H and O–H groups in total. The van der Waals surface area contributed by atoms with Gasteiger partial charge in [-0.15, -0.1) is 0 Å². The maximum absolute atomic E-state index is 6.08. The molecule has 0 aliphatic carbocycles. The summed E-state index contributed by atoms with van der Waals surface area (Å²) in [6.07, 6.45) is 1.68. The number of furan rings is 1. The summed E-state index contributed by atoms with van der Waals surface area (Å²) in [5.74, 6) is 1.91. The lowest BCUT2D eigenvalue weighted by atomic mass is 10.1. The molecule has 0 unspecified atom stereocenters. The first kappa shape index (κ1) is 10.9. The van der Waals surface area contributed by atoms with Crippen molar-refractivity contribution in [3.8, 4) is 0 Å². The Balaban J connectivity index is 1.84. The number of anilines is 1. The van der Waals surface area contributed by atoms with Gasteiger partial charge in [-0.1, -0.05) is 11.6 Å². The van der Waals surface area contributed by atoms with Gasteiger partial charge in [0.05, 0.1) is 12.8 Å². The van der Waals surface area contributed by atoms with Crippen molar-refractivity contribution in [2.45, 2.75) is 6.17 Å². The molecular formula is C14H12ClN3O. The van der Waals surface area contributed by atoms with Crippen LogP contribution in [0.5, 0.6) is 0 Å². The van der Waals surface area contributed by atoms with E-state index in [9.17, 15) is 0 Å². The van der Waals surface area contributed by atoms with E-state index in [0.29, 0.717) is 0 Å². The average molecular weight is 274 g/mol. The second kappa shape index (κ2) is 4.03. The summed E-state index contributed by atoms with van der Waals surface area (Å²) in [4.78, 5) is 6.84. The first-order chi connectivity index (χ1) is 9.33. The summed E-state index contributed by atoms with van der Waals surface area (Å²) in [7, 11) is 0. The topological polar surface area (TPSA) is 40.8 Å². The van der Waals surface area contributed by atoms with Crippen LogP contribution in [0.4, 0.5) is 5.69 Å². The van der Waals surface area contributed by atoms with Crippen molar-refractivity contribution < 1.29 is 4.42 Å². The molecule has 1 aromatic carbocycles. The Bertz CT molecular complexity index is 651. The number of hydrogen-bond acceptors (Lipinski definition) is 4. The minimum Gasteiger partial charge on any atom is -0.465 e. The van der Waals surface area contributed by atoms with Gasteiger partial charge < -0.3 is 14.6 Å². The van der Waals surface area contributed by atoms with Crippen LogP contribution in [0.25, 0.3) is 0 Å². The zero-order valence-corrected chi connectivity index (χ0v) is 10.9. The van der Waals surface area contributed by atoms with Crippen molar-refractivity contribution >= 4 is 23.1 Å². The number of fused-ring (bicyclic) bond motifs is 3. The second-order valence-corrected chi connectivity index (χ2v) is 5.09. The molecule has 3 heterocycles. The Morgan fingerprint density at radius 2 is 2.32 bits per heavy atom. The van der Waals surface area contributed by atoms with Crippen LogP contribution in [0.1, 0.15) is 17.5 Å². The van der Waals surface area contributed by atoms with Crippen molar-refractivity contribution in [2.75, 3.05) is 18.4 Å². The van der Waals surface area contributed by atoms with Crippen LogP contribution in [0.2, 0.25) is 5.02 Å². The fraction of sp³-hybridized carbons (Fsp3) is 0.214. The van der Waals surface area contributed by atoms with Gasteiger partial charge in [-0.2, -0.15) is 0 Å². The molecule has 0 bridgehead atoms. The van der Waals surface area contributed by atoms with E-state index in [-0.39, 0.29) is 6.17 Å². The molecule has 1 atom stereocenters. The monoisotopic (exact) mass is 273 g/mol. The Hall–Kier alpha value is -1.94. The first-order valence-corrected chi connectivity index (χ1v) is 6.62. The van der Waals surface area contributed by atoms with Crippen LogP contribution in [-0.2, 0) is 0 Å². The Morgan fingerprint density at radius 1 is 1.37 bits per heavy atom. The zero-order chi connectivity index (χ0) is 12.8. The highest BCUT2D eigenvalue weighted by molar-refractivity contribution is 6.31. The summed E-state index contributed by atoms with van der Waals surface area (Å²) in [5, 5.41) is 4.20. The Labute approximate surface area is 115 Å². The van der Waals surface area contributed by atoms with Crippen molar-refractivity contribution in [2.24, 2.45) is 4.99 Å². The van der Waals surface area contributed by atoms with Gasteiger partial charge >= 0.3 is 0 Å². The highest BCUT2D eigenvalue weighted by Crippen LogP contribution is 2.36. The number of hydrogen-bond donors (Lipinski definition) is 1. The van der Waals surface area contributed by atoms with Crippen molar-refractivity contribution in [1.29, 1.82) is 0 Å². The summed E-state index contributed by atoms with van der Waals surface area (Å²) < 4.78 is 5.53. The SMILES string of the molecule is Clc1ccc2c(c1)N[C@H](c1ccco1)N1CCN=C21. The third-order valence-electron chi connectivity index (χ3n) is 3.51. The number of nitrogens with zero attached hydrogens (tertiary/aromatic N) is 2. The smallest absolute Gasteiger partial charge is 0.160 e. The molecule has 0 radical (unpaired) electrons. The minimum atomic E-state index is -0.0118. The van der Waals surface area contributed by atoms with Gasteiger partial charge in [-0.3, -0.25) is 4.99 Å². The zero-order valence-electron chi connectivity index (χ0n) is 10.1. The molecule has 2 aliphatic rings. The highest BCUT2D eigenvalue weighted by atomic mass is 35.5. The van der Waals surface area contributed by atoms with Crippen molar-refractivity contribution in [3.05, 3.63) is 52.9 Å². The molecule has 0 saturated heterocycles. The molecule has 0 fully saturated rings. The van der Waals surface area contributed by atoms with Crippen LogP contribution < -0.4 is 5.32 Å². The molecule has 0 saturated carbocycles. The molecule has 2 aromatic rings. The predicted octanol–water partition coefficient (Wildman–Crippen LogP) is 3.12. The number of rotatable bonds is 1. The maximum atomic E-state index is 6.08. The molecule has 1 aromatic heterocycles. The van der Waals surface area contributed by atoms with E-state index in [1.807, 2.05) is 30.3 Å². The lowest BCUT2D eigenvalue weighted by molar-refractivity contribution is 0.316. The summed E-state index contributed by atoms with van der Waals surface area (Å²) in [6, 6.07) is 9.72. The van der Waals surface area contributed by atoms with Gasteiger partial charge in [-0.25, -0.2) is 0 Å². The van der Waals surface area contributed by atoms with E-state index in [1.165, 1.54) is 0 Å². The van der Waals surface area contributed by atoms with Gasteiger partial charge in [0.2, 0.25) is 0 Å². The molecule has 4 rings (SSSR count). The van der Waals surface area contributed by atoms with Crippen LogP contribution in [0, 0.1) is 0 Å². The molecule has 5 heteroatoms. The first-order valence-electron chi connectivity index (χ1n) is 6.24. The molecule has 19 heavy (non-hydrogen) atoms. The fourth-order valence-corrected chi connectivity index (χ4v) is 2.85. The van der Waals surface area contributed by atoms with E-state index >= 15 is 0 Å². The largest absolute Gasteiger partial charge is 0.465 e. The molecule has 4 nitrogen and oxygen atoms in total. The summed E-state index contributed by atoms with van der Waals surface area (Å²) in [5.41, 5.74) is 2.11. The van der Waals surface area contributed by atoms with E-state index < -0.39 is 0 Å². The van der Waals surface area contributed by atoms with Crippen LogP contribution in [-0.4, -0.2) is 23.8 Å². The Kier molecular flexibility index (Phi) is 2.32. The van der Waals surface area contributed by atoms with Gasteiger partial charge in [-0.05, 0) is 30.3 Å². The van der Waals surface area contributed by atoms with E-state index in [2.05, 4.69) is 15.2 Å². The van der Waals surface area contributed by atoms with Crippen molar-refractivity contribution in [1.82, 2.24) is 4.90 Å². The molecule has 0 amide bonds. The maximum Gasteiger partial charge on any atom is 0.160 e.